The second-order valence-corrected chi connectivity index (χ2v) is 3.67. The predicted octanol–water partition coefficient (Wildman–Crippen LogP) is 2.61. The predicted molar refractivity (Wildman–Crippen MR) is 53.8 cm³/mol. The van der Waals surface area contributed by atoms with Crippen LogP contribution in [0.15, 0.2) is 6.20 Å². The first-order valence-corrected chi connectivity index (χ1v) is 4.87. The van der Waals surface area contributed by atoms with Gasteiger partial charge in [-0.05, 0) is 36.8 Å². The lowest BCUT2D eigenvalue weighted by Gasteiger charge is -2.17. The van der Waals surface area contributed by atoms with Gasteiger partial charge in [-0.1, -0.05) is 11.6 Å². The summed E-state index contributed by atoms with van der Waals surface area (Å²) in [6.07, 6.45) is 7.52. The van der Waals surface area contributed by atoms with Crippen molar-refractivity contribution in [2.45, 2.75) is 25.7 Å². The molecule has 0 aliphatic heterocycles. The fourth-order valence-corrected chi connectivity index (χ4v) is 2.12. The maximum Gasteiger partial charge on any atom is 0.132 e. The van der Waals surface area contributed by atoms with Crippen LogP contribution in [0.4, 0.5) is 0 Å². The number of fused-ring (bicyclic) bond motifs is 1. The Morgan fingerprint density at radius 2 is 2.00 bits per heavy atom. The van der Waals surface area contributed by atoms with E-state index in [4.69, 9.17) is 17.0 Å². The summed E-state index contributed by atoms with van der Waals surface area (Å²) >= 11 is 5.98. The third kappa shape index (κ3) is 1.46. The molecule has 0 atom stereocenters. The van der Waals surface area contributed by atoms with Gasteiger partial charge in [0, 0.05) is 18.0 Å². The highest BCUT2D eigenvalue weighted by Crippen LogP contribution is 2.27. The zero-order chi connectivity index (χ0) is 9.26. The van der Waals surface area contributed by atoms with Crippen molar-refractivity contribution in [2.75, 3.05) is 0 Å². The third-order valence-corrected chi connectivity index (χ3v) is 2.86. The van der Waals surface area contributed by atoms with Crippen LogP contribution >= 0.6 is 11.6 Å². The van der Waals surface area contributed by atoms with E-state index in [9.17, 15) is 0 Å². The SMILES string of the molecule is N=Cc1cnc(Cl)c2c1CCCC2. The highest BCUT2D eigenvalue weighted by atomic mass is 35.5. The fraction of sp³-hybridized carbons (Fsp3) is 0.400. The van der Waals surface area contributed by atoms with Crippen molar-refractivity contribution in [1.82, 2.24) is 4.98 Å². The van der Waals surface area contributed by atoms with Crippen LogP contribution in [0, 0.1) is 5.41 Å². The molecule has 0 saturated heterocycles. The number of halogens is 1. The monoisotopic (exact) mass is 194 g/mol. The molecule has 1 heterocycles. The molecule has 0 radical (unpaired) electrons. The summed E-state index contributed by atoms with van der Waals surface area (Å²) < 4.78 is 0. The number of nitrogens with one attached hydrogen (secondary N) is 1. The maximum atomic E-state index is 7.25. The highest BCUT2D eigenvalue weighted by molar-refractivity contribution is 6.30. The average Bonchev–Trinajstić information content (AvgIpc) is 2.19. The van der Waals surface area contributed by atoms with Crippen LogP contribution in [0.3, 0.4) is 0 Å². The molecule has 0 spiro atoms. The Balaban J connectivity index is 2.58. The largest absolute Gasteiger partial charge is 0.308 e. The summed E-state index contributed by atoms with van der Waals surface area (Å²) in [7, 11) is 0. The van der Waals surface area contributed by atoms with Crippen molar-refractivity contribution >= 4 is 17.8 Å². The van der Waals surface area contributed by atoms with E-state index in [0.717, 1.165) is 24.0 Å². The summed E-state index contributed by atoms with van der Waals surface area (Å²) in [5.41, 5.74) is 3.33. The van der Waals surface area contributed by atoms with Crippen LogP contribution in [0.5, 0.6) is 0 Å². The molecule has 0 bridgehead atoms. The number of pyridine rings is 1. The van der Waals surface area contributed by atoms with Crippen LogP contribution in [0.1, 0.15) is 29.5 Å². The maximum absolute atomic E-state index is 7.25. The molecule has 0 saturated carbocycles. The summed E-state index contributed by atoms with van der Waals surface area (Å²) in [4.78, 5) is 4.08. The van der Waals surface area contributed by atoms with Crippen molar-refractivity contribution in [1.29, 1.82) is 5.41 Å². The number of aromatic nitrogens is 1. The van der Waals surface area contributed by atoms with Gasteiger partial charge in [-0.25, -0.2) is 4.98 Å². The van der Waals surface area contributed by atoms with E-state index in [2.05, 4.69) is 4.98 Å². The average molecular weight is 195 g/mol. The number of rotatable bonds is 1. The van der Waals surface area contributed by atoms with E-state index in [-0.39, 0.29) is 0 Å². The number of hydrogen-bond acceptors (Lipinski definition) is 2. The molecule has 2 nitrogen and oxygen atoms in total. The topological polar surface area (TPSA) is 36.7 Å². The summed E-state index contributed by atoms with van der Waals surface area (Å²) in [5, 5.41) is 7.87. The summed E-state index contributed by atoms with van der Waals surface area (Å²) in [6, 6.07) is 0. The molecule has 0 fully saturated rings. The van der Waals surface area contributed by atoms with E-state index in [1.54, 1.807) is 6.20 Å². The quantitative estimate of drug-likeness (QED) is 0.542. The molecule has 0 amide bonds. The Morgan fingerprint density at radius 1 is 1.31 bits per heavy atom. The molecule has 1 aliphatic carbocycles. The van der Waals surface area contributed by atoms with Gasteiger partial charge in [-0.3, -0.25) is 0 Å². The lowest BCUT2D eigenvalue weighted by molar-refractivity contribution is 0.681. The minimum atomic E-state index is 0.625. The Bertz CT molecular complexity index is 347. The summed E-state index contributed by atoms with van der Waals surface area (Å²) in [5.74, 6) is 0. The van der Waals surface area contributed by atoms with Gasteiger partial charge in [0.25, 0.3) is 0 Å². The first kappa shape index (κ1) is 8.70. The van der Waals surface area contributed by atoms with Crippen LogP contribution < -0.4 is 0 Å². The standard InChI is InChI=1S/C10H11ClN2/c11-10-9-4-2-1-3-8(9)7(5-12)6-13-10/h5-6,12H,1-4H2. The first-order valence-electron chi connectivity index (χ1n) is 4.49. The molecule has 1 aliphatic rings. The Morgan fingerprint density at radius 3 is 2.69 bits per heavy atom. The van der Waals surface area contributed by atoms with Crippen LogP contribution in [-0.2, 0) is 12.8 Å². The molecule has 68 valence electrons. The molecule has 0 aromatic carbocycles. The minimum Gasteiger partial charge on any atom is -0.308 e. The van der Waals surface area contributed by atoms with Crippen molar-refractivity contribution < 1.29 is 0 Å². The second kappa shape index (κ2) is 3.46. The minimum absolute atomic E-state index is 0.625. The normalized spacial score (nSPS) is 15.2. The number of hydrogen-bond donors (Lipinski definition) is 1. The van der Waals surface area contributed by atoms with E-state index in [1.165, 1.54) is 24.6 Å². The smallest absolute Gasteiger partial charge is 0.132 e. The lowest BCUT2D eigenvalue weighted by Crippen LogP contribution is -2.08. The Hall–Kier alpha value is -0.890. The highest BCUT2D eigenvalue weighted by Gasteiger charge is 2.15. The van der Waals surface area contributed by atoms with Gasteiger partial charge in [0.15, 0.2) is 0 Å². The molecular weight excluding hydrogens is 184 g/mol. The molecular formula is C10H11ClN2. The van der Waals surface area contributed by atoms with E-state index >= 15 is 0 Å². The van der Waals surface area contributed by atoms with Crippen LogP contribution in [0.25, 0.3) is 0 Å². The summed E-state index contributed by atoms with van der Waals surface area (Å²) in [6.45, 7) is 0. The van der Waals surface area contributed by atoms with Crippen LogP contribution in [-0.4, -0.2) is 11.2 Å². The molecule has 1 aromatic heterocycles. The van der Waals surface area contributed by atoms with E-state index in [0.29, 0.717) is 5.15 Å². The van der Waals surface area contributed by atoms with Crippen molar-refractivity contribution in [3.8, 4) is 0 Å². The number of nitrogens with zero attached hydrogens (tertiary/aromatic N) is 1. The molecule has 2 rings (SSSR count). The zero-order valence-corrected chi connectivity index (χ0v) is 8.06. The fourth-order valence-electron chi connectivity index (χ4n) is 1.86. The van der Waals surface area contributed by atoms with Gasteiger partial charge in [0.2, 0.25) is 0 Å². The zero-order valence-electron chi connectivity index (χ0n) is 7.31. The molecule has 3 heteroatoms. The van der Waals surface area contributed by atoms with E-state index in [1.807, 2.05) is 0 Å². The molecule has 0 unspecified atom stereocenters. The van der Waals surface area contributed by atoms with E-state index < -0.39 is 0 Å². The second-order valence-electron chi connectivity index (χ2n) is 3.31. The van der Waals surface area contributed by atoms with Gasteiger partial charge < -0.3 is 5.41 Å². The van der Waals surface area contributed by atoms with Crippen LogP contribution in [0.2, 0.25) is 5.15 Å². The van der Waals surface area contributed by atoms with Gasteiger partial charge in [0.1, 0.15) is 5.15 Å². The van der Waals surface area contributed by atoms with Gasteiger partial charge in [-0.15, -0.1) is 0 Å². The Labute approximate surface area is 82.5 Å². The molecule has 1 N–H and O–H groups in total. The Kier molecular flexibility index (Phi) is 2.32. The van der Waals surface area contributed by atoms with Crippen molar-refractivity contribution in [3.63, 3.8) is 0 Å². The van der Waals surface area contributed by atoms with Gasteiger partial charge >= 0.3 is 0 Å². The molecule has 13 heavy (non-hydrogen) atoms. The van der Waals surface area contributed by atoms with Crippen molar-refractivity contribution in [3.05, 3.63) is 28.0 Å². The lowest BCUT2D eigenvalue weighted by atomic mass is 9.90. The first-order chi connectivity index (χ1) is 6.33. The van der Waals surface area contributed by atoms with Crippen molar-refractivity contribution in [2.24, 2.45) is 0 Å². The van der Waals surface area contributed by atoms with Gasteiger partial charge in [0.05, 0.1) is 0 Å². The third-order valence-electron chi connectivity index (χ3n) is 2.54. The molecule has 1 aromatic rings. The van der Waals surface area contributed by atoms with Gasteiger partial charge in [-0.2, -0.15) is 0 Å².